The molecule has 5 heteroatoms. The fourth-order valence-corrected chi connectivity index (χ4v) is 2.25. The summed E-state index contributed by atoms with van der Waals surface area (Å²) in [5.74, 6) is 0.126. The largest absolute Gasteiger partial charge is 0.445 e. The average Bonchev–Trinajstić information content (AvgIpc) is 2.90. The zero-order chi connectivity index (χ0) is 14.4. The Labute approximate surface area is 118 Å². The molecule has 0 heterocycles. The number of alkyl carbamates (subject to hydrolysis) is 1. The Kier molecular flexibility index (Phi) is 4.98. The first-order valence-electron chi connectivity index (χ1n) is 6.84. The van der Waals surface area contributed by atoms with E-state index in [2.05, 4.69) is 5.32 Å². The van der Waals surface area contributed by atoms with E-state index in [-0.39, 0.29) is 24.7 Å². The van der Waals surface area contributed by atoms with Gasteiger partial charge in [0.05, 0.1) is 0 Å². The van der Waals surface area contributed by atoms with Crippen molar-refractivity contribution in [1.82, 2.24) is 5.32 Å². The molecule has 0 spiro atoms. The van der Waals surface area contributed by atoms with Crippen LogP contribution in [0.1, 0.15) is 38.2 Å². The first-order valence-corrected chi connectivity index (χ1v) is 6.84. The van der Waals surface area contributed by atoms with Crippen LogP contribution in [0.2, 0.25) is 0 Å². The zero-order valence-corrected chi connectivity index (χ0v) is 11.6. The van der Waals surface area contributed by atoms with Gasteiger partial charge in [-0.2, -0.15) is 0 Å². The molecule has 1 aromatic carbocycles. The van der Waals surface area contributed by atoms with Crippen LogP contribution in [0.4, 0.5) is 4.79 Å². The van der Waals surface area contributed by atoms with Gasteiger partial charge in [0, 0.05) is 13.0 Å². The summed E-state index contributed by atoms with van der Waals surface area (Å²) in [6, 6.07) is 7.14. The lowest BCUT2D eigenvalue weighted by atomic mass is 10.2. The molecular formula is C15H19NO4. The predicted octanol–water partition coefficient (Wildman–Crippen LogP) is 2.78. The maximum Gasteiger partial charge on any atom is 0.407 e. The van der Waals surface area contributed by atoms with E-state index >= 15 is 0 Å². The van der Waals surface area contributed by atoms with Crippen molar-refractivity contribution >= 4 is 12.1 Å². The Bertz CT molecular complexity index is 463. The number of nitrogens with one attached hydrogen (secondary N) is 1. The minimum atomic E-state index is -0.374. The van der Waals surface area contributed by atoms with Gasteiger partial charge in [0.25, 0.3) is 0 Å². The monoisotopic (exact) mass is 277 g/mol. The topological polar surface area (TPSA) is 64.6 Å². The minimum absolute atomic E-state index is 0.207. The number of rotatable bonds is 4. The highest BCUT2D eigenvalue weighted by molar-refractivity contribution is 5.69. The highest BCUT2D eigenvalue weighted by Gasteiger charge is 2.17. The molecule has 1 fully saturated rings. The lowest BCUT2D eigenvalue weighted by molar-refractivity contribution is -0.131. The van der Waals surface area contributed by atoms with Crippen LogP contribution in [0.3, 0.4) is 0 Å². The summed E-state index contributed by atoms with van der Waals surface area (Å²) >= 11 is 0. The molecule has 0 atom stereocenters. The molecule has 1 aliphatic carbocycles. The molecular weight excluding hydrogens is 258 g/mol. The molecule has 1 amide bonds. The van der Waals surface area contributed by atoms with Crippen LogP contribution in [0, 0.1) is 0 Å². The second-order valence-corrected chi connectivity index (χ2v) is 4.94. The maximum atomic E-state index is 11.6. The Hall–Kier alpha value is -2.04. The van der Waals surface area contributed by atoms with Gasteiger partial charge in [-0.05, 0) is 30.5 Å². The molecule has 0 unspecified atom stereocenters. The fourth-order valence-electron chi connectivity index (χ4n) is 2.25. The average molecular weight is 277 g/mol. The second kappa shape index (κ2) is 6.93. The van der Waals surface area contributed by atoms with Gasteiger partial charge in [-0.3, -0.25) is 4.79 Å². The minimum Gasteiger partial charge on any atom is -0.445 e. The van der Waals surface area contributed by atoms with Gasteiger partial charge in [0.2, 0.25) is 0 Å². The van der Waals surface area contributed by atoms with Gasteiger partial charge in [-0.25, -0.2) is 4.79 Å². The Morgan fingerprint density at radius 3 is 2.45 bits per heavy atom. The SMILES string of the molecule is CC(=O)Oc1ccc(COC(=O)NC2CCCC2)cc1. The van der Waals surface area contributed by atoms with E-state index in [1.807, 2.05) is 0 Å². The van der Waals surface area contributed by atoms with Crippen molar-refractivity contribution in [3.63, 3.8) is 0 Å². The van der Waals surface area contributed by atoms with Gasteiger partial charge in [0.1, 0.15) is 12.4 Å². The lowest BCUT2D eigenvalue weighted by Gasteiger charge is -2.12. The lowest BCUT2D eigenvalue weighted by Crippen LogP contribution is -2.32. The molecule has 5 nitrogen and oxygen atoms in total. The molecule has 1 aromatic rings. The van der Waals surface area contributed by atoms with Crippen LogP contribution in [0.25, 0.3) is 0 Å². The molecule has 108 valence electrons. The van der Waals surface area contributed by atoms with E-state index in [9.17, 15) is 9.59 Å². The number of benzene rings is 1. The van der Waals surface area contributed by atoms with E-state index < -0.39 is 0 Å². The van der Waals surface area contributed by atoms with Crippen LogP contribution >= 0.6 is 0 Å². The molecule has 20 heavy (non-hydrogen) atoms. The number of ether oxygens (including phenoxy) is 2. The molecule has 0 aliphatic heterocycles. The first kappa shape index (κ1) is 14.4. The fraction of sp³-hybridized carbons (Fsp3) is 0.467. The summed E-state index contributed by atoms with van der Waals surface area (Å²) in [5.41, 5.74) is 0.850. The van der Waals surface area contributed by atoms with Crippen LogP contribution < -0.4 is 10.1 Å². The van der Waals surface area contributed by atoms with Crippen LogP contribution in [-0.2, 0) is 16.1 Å². The standard InChI is InChI=1S/C15H19NO4/c1-11(17)20-14-8-6-12(7-9-14)10-19-15(18)16-13-4-2-3-5-13/h6-9,13H,2-5,10H2,1H3,(H,16,18). The molecule has 1 saturated carbocycles. The van der Waals surface area contributed by atoms with Gasteiger partial charge in [-0.15, -0.1) is 0 Å². The summed E-state index contributed by atoms with van der Waals surface area (Å²) in [6.07, 6.45) is 4.03. The highest BCUT2D eigenvalue weighted by atomic mass is 16.5. The van der Waals surface area contributed by atoms with E-state index in [4.69, 9.17) is 9.47 Å². The van der Waals surface area contributed by atoms with E-state index in [1.165, 1.54) is 19.8 Å². The number of amides is 1. The number of esters is 1. The predicted molar refractivity (Wildman–Crippen MR) is 73.3 cm³/mol. The third-order valence-corrected chi connectivity index (χ3v) is 3.23. The summed E-state index contributed by atoms with van der Waals surface area (Å²) in [4.78, 5) is 22.4. The third kappa shape index (κ3) is 4.57. The normalized spacial score (nSPS) is 14.8. The molecule has 0 saturated heterocycles. The Morgan fingerprint density at radius 2 is 1.85 bits per heavy atom. The Balaban J connectivity index is 1.75. The highest BCUT2D eigenvalue weighted by Crippen LogP contribution is 2.18. The number of carbonyl (C=O) groups excluding carboxylic acids is 2. The first-order chi connectivity index (χ1) is 9.63. The van der Waals surface area contributed by atoms with Crippen molar-refractivity contribution < 1.29 is 19.1 Å². The third-order valence-electron chi connectivity index (χ3n) is 3.23. The van der Waals surface area contributed by atoms with E-state index in [0.29, 0.717) is 5.75 Å². The van der Waals surface area contributed by atoms with Gasteiger partial charge >= 0.3 is 12.1 Å². The molecule has 1 N–H and O–H groups in total. The quantitative estimate of drug-likeness (QED) is 0.679. The summed E-state index contributed by atoms with van der Waals surface area (Å²) in [7, 11) is 0. The molecule has 0 bridgehead atoms. The molecule has 0 aromatic heterocycles. The van der Waals surface area contributed by atoms with Crippen LogP contribution in [0.5, 0.6) is 5.75 Å². The van der Waals surface area contributed by atoms with Crippen molar-refractivity contribution in [2.75, 3.05) is 0 Å². The molecule has 1 aliphatic rings. The maximum absolute atomic E-state index is 11.6. The number of carbonyl (C=O) groups is 2. The van der Waals surface area contributed by atoms with Crippen LogP contribution in [-0.4, -0.2) is 18.1 Å². The number of hydrogen-bond donors (Lipinski definition) is 1. The van der Waals surface area contributed by atoms with E-state index in [0.717, 1.165) is 18.4 Å². The van der Waals surface area contributed by atoms with Crippen molar-refractivity contribution in [2.24, 2.45) is 0 Å². The molecule has 0 radical (unpaired) electrons. The van der Waals surface area contributed by atoms with Crippen molar-refractivity contribution in [2.45, 2.75) is 45.3 Å². The van der Waals surface area contributed by atoms with Gasteiger partial charge in [-0.1, -0.05) is 25.0 Å². The van der Waals surface area contributed by atoms with E-state index in [1.54, 1.807) is 24.3 Å². The van der Waals surface area contributed by atoms with Gasteiger partial charge < -0.3 is 14.8 Å². The summed E-state index contributed by atoms with van der Waals surface area (Å²) in [6.45, 7) is 1.56. The second-order valence-electron chi connectivity index (χ2n) is 4.94. The van der Waals surface area contributed by atoms with Crippen molar-refractivity contribution in [3.8, 4) is 5.75 Å². The van der Waals surface area contributed by atoms with Crippen molar-refractivity contribution in [1.29, 1.82) is 0 Å². The Morgan fingerprint density at radius 1 is 1.20 bits per heavy atom. The molecule has 2 rings (SSSR count). The smallest absolute Gasteiger partial charge is 0.407 e. The summed E-state index contributed by atoms with van der Waals surface area (Å²) < 4.78 is 10.1. The summed E-state index contributed by atoms with van der Waals surface area (Å²) in [5, 5.41) is 2.86. The zero-order valence-electron chi connectivity index (χ0n) is 11.6. The van der Waals surface area contributed by atoms with Gasteiger partial charge in [0.15, 0.2) is 0 Å². The van der Waals surface area contributed by atoms with Crippen molar-refractivity contribution in [3.05, 3.63) is 29.8 Å². The number of hydrogen-bond acceptors (Lipinski definition) is 4. The van der Waals surface area contributed by atoms with Crippen LogP contribution in [0.15, 0.2) is 24.3 Å².